The number of likely N-dealkylation sites (tertiary alicyclic amines) is 1. The lowest BCUT2D eigenvalue weighted by Gasteiger charge is -2.20. The fourth-order valence-electron chi connectivity index (χ4n) is 2.62. The van der Waals surface area contributed by atoms with Gasteiger partial charge in [0.15, 0.2) is 0 Å². The summed E-state index contributed by atoms with van der Waals surface area (Å²) in [5.41, 5.74) is 0.754. The average Bonchev–Trinajstić information content (AvgIpc) is 3.10. The molecule has 1 aliphatic heterocycles. The topological polar surface area (TPSA) is 82.9 Å². The van der Waals surface area contributed by atoms with Crippen molar-refractivity contribution < 1.29 is 5.11 Å². The van der Waals surface area contributed by atoms with Crippen LogP contribution < -0.4 is 0 Å². The van der Waals surface area contributed by atoms with Crippen LogP contribution in [0.15, 0.2) is 18.5 Å². The van der Waals surface area contributed by atoms with Crippen LogP contribution in [0.5, 0.6) is 0 Å². The van der Waals surface area contributed by atoms with Gasteiger partial charge in [0.1, 0.15) is 11.3 Å². The molecule has 0 aromatic carbocycles. The van der Waals surface area contributed by atoms with Crippen LogP contribution in [0.4, 0.5) is 0 Å². The van der Waals surface area contributed by atoms with Gasteiger partial charge in [-0.2, -0.15) is 20.5 Å². The zero-order valence-corrected chi connectivity index (χ0v) is 11.8. The summed E-state index contributed by atoms with van der Waals surface area (Å²) in [4.78, 5) is 2.20. The fraction of sp³-hybridized carbons (Fsp3) is 0.615. The van der Waals surface area contributed by atoms with Crippen molar-refractivity contribution in [3.63, 3.8) is 0 Å². The number of H-pyrrole nitrogens is 1. The van der Waals surface area contributed by atoms with Gasteiger partial charge in [-0.15, -0.1) is 0 Å². The van der Waals surface area contributed by atoms with Gasteiger partial charge < -0.3 is 5.11 Å². The highest BCUT2D eigenvalue weighted by atomic mass is 16.3. The number of nitrogens with zero attached hydrogens (tertiary/aromatic N) is 5. The monoisotopic (exact) mass is 276 g/mol. The van der Waals surface area contributed by atoms with E-state index in [9.17, 15) is 5.11 Å². The second-order valence-electron chi connectivity index (χ2n) is 5.73. The number of aromatic amines is 1. The van der Waals surface area contributed by atoms with E-state index >= 15 is 0 Å². The number of aromatic nitrogens is 5. The molecule has 0 amide bonds. The van der Waals surface area contributed by atoms with Crippen molar-refractivity contribution in [3.8, 4) is 0 Å². The highest BCUT2D eigenvalue weighted by Crippen LogP contribution is 2.30. The lowest BCUT2D eigenvalue weighted by atomic mass is 10.0. The molecular weight excluding hydrogens is 256 g/mol. The number of hydrogen-bond acceptors (Lipinski definition) is 5. The van der Waals surface area contributed by atoms with Crippen LogP contribution in [0.1, 0.15) is 37.7 Å². The predicted octanol–water partition coefficient (Wildman–Crippen LogP) is 0.676. The van der Waals surface area contributed by atoms with E-state index in [-0.39, 0.29) is 0 Å². The summed E-state index contributed by atoms with van der Waals surface area (Å²) in [6, 6.07) is 2.40. The molecule has 2 N–H and O–H groups in total. The quantitative estimate of drug-likeness (QED) is 0.858. The molecular formula is C13H20N6O. The molecule has 7 heteroatoms. The van der Waals surface area contributed by atoms with Gasteiger partial charge in [0, 0.05) is 31.9 Å². The summed E-state index contributed by atoms with van der Waals surface area (Å²) in [5.74, 6) is 0. The molecule has 7 nitrogen and oxygen atoms in total. The van der Waals surface area contributed by atoms with Crippen molar-refractivity contribution in [1.82, 2.24) is 30.1 Å². The van der Waals surface area contributed by atoms with E-state index in [0.29, 0.717) is 24.7 Å². The normalized spacial score (nSPS) is 23.8. The molecule has 1 fully saturated rings. The fourth-order valence-corrected chi connectivity index (χ4v) is 2.62. The van der Waals surface area contributed by atoms with Crippen LogP contribution in [-0.4, -0.2) is 48.3 Å². The summed E-state index contributed by atoms with van der Waals surface area (Å²) in [5, 5.41) is 25.5. The van der Waals surface area contributed by atoms with E-state index in [0.717, 1.165) is 18.8 Å². The van der Waals surface area contributed by atoms with Crippen molar-refractivity contribution in [1.29, 1.82) is 0 Å². The summed E-state index contributed by atoms with van der Waals surface area (Å²) >= 11 is 0. The maximum atomic E-state index is 10.6. The van der Waals surface area contributed by atoms with Crippen LogP contribution in [0.2, 0.25) is 0 Å². The van der Waals surface area contributed by atoms with E-state index in [2.05, 4.69) is 39.3 Å². The third kappa shape index (κ3) is 2.46. The van der Waals surface area contributed by atoms with Gasteiger partial charge in [-0.3, -0.25) is 9.58 Å². The molecule has 0 bridgehead atoms. The highest BCUT2D eigenvalue weighted by Gasteiger charge is 2.39. The zero-order valence-electron chi connectivity index (χ0n) is 11.8. The number of rotatable bonds is 4. The standard InChI is InChI=1S/C13H20N6O/c1-10(2)19-5-3-11(16-19)8-18-6-4-13(20,9-18)12-7-14-17-15-12/h3,5,7,10,20H,4,6,8-9H2,1-2H3,(H,14,15,17). The lowest BCUT2D eigenvalue weighted by molar-refractivity contribution is 0.0407. The van der Waals surface area contributed by atoms with Gasteiger partial charge >= 0.3 is 0 Å². The van der Waals surface area contributed by atoms with Crippen LogP contribution >= 0.6 is 0 Å². The van der Waals surface area contributed by atoms with Gasteiger partial charge in [0.05, 0.1) is 11.9 Å². The van der Waals surface area contributed by atoms with Crippen LogP contribution in [0.3, 0.4) is 0 Å². The Hall–Kier alpha value is -1.73. The Morgan fingerprint density at radius 3 is 3.00 bits per heavy atom. The Kier molecular flexibility index (Phi) is 3.31. The molecule has 0 radical (unpaired) electrons. The SMILES string of the molecule is CC(C)n1ccc(CN2CCC(O)(c3cn[nH]n3)C2)n1. The van der Waals surface area contributed by atoms with E-state index in [1.807, 2.05) is 16.9 Å². The predicted molar refractivity (Wildman–Crippen MR) is 72.8 cm³/mol. The van der Waals surface area contributed by atoms with Crippen LogP contribution in [0, 0.1) is 0 Å². The van der Waals surface area contributed by atoms with Crippen molar-refractivity contribution in [3.05, 3.63) is 29.8 Å². The van der Waals surface area contributed by atoms with Crippen molar-refractivity contribution in [2.24, 2.45) is 0 Å². The number of β-amino-alcohol motifs (C(OH)–C–C–N with tert-alkyl or cyclic N) is 1. The van der Waals surface area contributed by atoms with Crippen molar-refractivity contribution in [2.45, 2.75) is 38.5 Å². The van der Waals surface area contributed by atoms with Gasteiger partial charge in [0.25, 0.3) is 0 Å². The first-order valence-corrected chi connectivity index (χ1v) is 6.92. The second-order valence-corrected chi connectivity index (χ2v) is 5.73. The molecule has 0 aliphatic carbocycles. The zero-order chi connectivity index (χ0) is 14.2. The summed E-state index contributed by atoms with van der Waals surface area (Å²) in [6.45, 7) is 6.36. The molecule has 0 saturated carbocycles. The first kappa shape index (κ1) is 13.3. The van der Waals surface area contributed by atoms with Gasteiger partial charge in [-0.25, -0.2) is 0 Å². The number of aliphatic hydroxyl groups is 1. The smallest absolute Gasteiger partial charge is 0.124 e. The molecule has 0 spiro atoms. The molecule has 2 aromatic rings. The third-order valence-electron chi connectivity index (χ3n) is 3.80. The molecule has 2 aromatic heterocycles. The molecule has 1 unspecified atom stereocenters. The van der Waals surface area contributed by atoms with E-state index in [1.54, 1.807) is 6.20 Å². The Labute approximate surface area is 117 Å². The molecule has 1 aliphatic rings. The molecule has 3 heterocycles. The van der Waals surface area contributed by atoms with Gasteiger partial charge in [0.2, 0.25) is 0 Å². The van der Waals surface area contributed by atoms with Crippen molar-refractivity contribution >= 4 is 0 Å². The molecule has 1 saturated heterocycles. The van der Waals surface area contributed by atoms with Crippen molar-refractivity contribution in [2.75, 3.05) is 13.1 Å². The minimum absolute atomic E-state index is 0.370. The van der Waals surface area contributed by atoms with Crippen LogP contribution in [0.25, 0.3) is 0 Å². The summed E-state index contributed by atoms with van der Waals surface area (Å²) in [7, 11) is 0. The van der Waals surface area contributed by atoms with Crippen LogP contribution in [-0.2, 0) is 12.1 Å². The highest BCUT2D eigenvalue weighted by molar-refractivity contribution is 5.11. The first-order chi connectivity index (χ1) is 9.57. The van der Waals surface area contributed by atoms with E-state index in [1.165, 1.54) is 0 Å². The minimum atomic E-state index is -0.895. The van der Waals surface area contributed by atoms with Gasteiger partial charge in [-0.1, -0.05) is 0 Å². The van der Waals surface area contributed by atoms with E-state index < -0.39 is 5.60 Å². The molecule has 1 atom stereocenters. The molecule has 108 valence electrons. The van der Waals surface area contributed by atoms with E-state index in [4.69, 9.17) is 0 Å². The first-order valence-electron chi connectivity index (χ1n) is 6.92. The maximum absolute atomic E-state index is 10.6. The molecule has 20 heavy (non-hydrogen) atoms. The number of nitrogens with one attached hydrogen (secondary N) is 1. The largest absolute Gasteiger partial charge is 0.382 e. The summed E-state index contributed by atoms with van der Waals surface area (Å²) in [6.07, 6.45) is 4.27. The summed E-state index contributed by atoms with van der Waals surface area (Å²) < 4.78 is 1.95. The average molecular weight is 276 g/mol. The minimum Gasteiger partial charge on any atom is -0.382 e. The maximum Gasteiger partial charge on any atom is 0.124 e. The Morgan fingerprint density at radius 1 is 1.50 bits per heavy atom. The second kappa shape index (κ2) is 4.99. The van der Waals surface area contributed by atoms with Gasteiger partial charge in [-0.05, 0) is 26.3 Å². The Bertz CT molecular complexity index is 563. The molecule has 3 rings (SSSR count). The Balaban J connectivity index is 1.65. The number of hydrogen-bond donors (Lipinski definition) is 2. The Morgan fingerprint density at radius 2 is 2.35 bits per heavy atom. The third-order valence-corrected chi connectivity index (χ3v) is 3.80. The lowest BCUT2D eigenvalue weighted by Crippen LogP contribution is -2.31.